The van der Waals surface area contributed by atoms with E-state index in [0.29, 0.717) is 13.2 Å². The van der Waals surface area contributed by atoms with E-state index in [0.717, 1.165) is 40.5 Å². The number of anilines is 1. The number of rotatable bonds is 7. The van der Waals surface area contributed by atoms with Crippen molar-refractivity contribution in [1.29, 1.82) is 0 Å². The maximum Gasteiger partial charge on any atom is 0.180 e. The molecule has 2 heterocycles. The molecule has 2 aromatic heterocycles. The SMILES string of the molecule is Cc1cccc(OCCCOc2cccn3cc(-c4ccc(N)cc4)nc23)c1. The molecule has 0 aliphatic heterocycles. The summed E-state index contributed by atoms with van der Waals surface area (Å²) in [6.07, 6.45) is 4.76. The zero-order valence-electron chi connectivity index (χ0n) is 15.8. The van der Waals surface area contributed by atoms with E-state index in [1.54, 1.807) is 0 Å². The van der Waals surface area contributed by atoms with Crippen molar-refractivity contribution in [3.63, 3.8) is 0 Å². The first-order valence-corrected chi connectivity index (χ1v) is 9.35. The predicted octanol–water partition coefficient (Wildman–Crippen LogP) is 4.74. The van der Waals surface area contributed by atoms with E-state index >= 15 is 0 Å². The number of fused-ring (bicyclic) bond motifs is 1. The Bertz CT molecular complexity index is 1070. The van der Waals surface area contributed by atoms with Gasteiger partial charge in [-0.15, -0.1) is 0 Å². The Hall–Kier alpha value is -3.47. The average Bonchev–Trinajstić information content (AvgIpc) is 3.13. The molecule has 0 atom stereocenters. The van der Waals surface area contributed by atoms with Crippen molar-refractivity contribution in [1.82, 2.24) is 9.38 Å². The van der Waals surface area contributed by atoms with Gasteiger partial charge in [0.25, 0.3) is 0 Å². The zero-order valence-corrected chi connectivity index (χ0v) is 15.8. The van der Waals surface area contributed by atoms with Crippen molar-refractivity contribution in [2.45, 2.75) is 13.3 Å². The summed E-state index contributed by atoms with van der Waals surface area (Å²) in [5.41, 5.74) is 10.4. The highest BCUT2D eigenvalue weighted by atomic mass is 16.5. The maximum atomic E-state index is 5.97. The highest BCUT2D eigenvalue weighted by Crippen LogP contribution is 2.25. The smallest absolute Gasteiger partial charge is 0.180 e. The number of aromatic nitrogens is 2. The molecule has 28 heavy (non-hydrogen) atoms. The molecule has 0 radical (unpaired) electrons. The third-order valence-electron chi connectivity index (χ3n) is 4.46. The molecule has 0 amide bonds. The second-order valence-electron chi connectivity index (χ2n) is 6.72. The van der Waals surface area contributed by atoms with Crippen LogP contribution < -0.4 is 15.2 Å². The van der Waals surface area contributed by atoms with Crippen LogP contribution in [0.25, 0.3) is 16.9 Å². The van der Waals surface area contributed by atoms with Gasteiger partial charge in [-0.1, -0.05) is 24.3 Å². The zero-order chi connectivity index (χ0) is 19.3. The molecule has 0 fully saturated rings. The van der Waals surface area contributed by atoms with Crippen LogP contribution in [0.1, 0.15) is 12.0 Å². The quantitative estimate of drug-likeness (QED) is 0.375. The van der Waals surface area contributed by atoms with Crippen molar-refractivity contribution < 1.29 is 9.47 Å². The summed E-state index contributed by atoms with van der Waals surface area (Å²) in [6.45, 7) is 3.23. The Kier molecular flexibility index (Phi) is 5.15. The van der Waals surface area contributed by atoms with Crippen LogP contribution in [0.2, 0.25) is 0 Å². The van der Waals surface area contributed by atoms with Gasteiger partial charge in [0.15, 0.2) is 11.4 Å². The molecular formula is C23H23N3O2. The molecule has 0 saturated carbocycles. The van der Waals surface area contributed by atoms with E-state index < -0.39 is 0 Å². The minimum atomic E-state index is 0.565. The number of benzene rings is 2. The summed E-state index contributed by atoms with van der Waals surface area (Å²) in [6, 6.07) is 19.7. The number of aryl methyl sites for hydroxylation is 1. The Labute approximate surface area is 164 Å². The van der Waals surface area contributed by atoms with Crippen LogP contribution in [0.4, 0.5) is 5.69 Å². The number of ether oxygens (including phenoxy) is 2. The molecule has 0 aliphatic rings. The van der Waals surface area contributed by atoms with Crippen molar-refractivity contribution in [2.24, 2.45) is 0 Å². The lowest BCUT2D eigenvalue weighted by atomic mass is 10.1. The van der Waals surface area contributed by atoms with E-state index in [9.17, 15) is 0 Å². The molecule has 0 saturated heterocycles. The van der Waals surface area contributed by atoms with Crippen LogP contribution >= 0.6 is 0 Å². The summed E-state index contributed by atoms with van der Waals surface area (Å²) in [5.74, 6) is 1.66. The van der Waals surface area contributed by atoms with Crippen LogP contribution in [0.15, 0.2) is 73.1 Å². The minimum Gasteiger partial charge on any atom is -0.493 e. The fourth-order valence-electron chi connectivity index (χ4n) is 3.03. The molecule has 0 aliphatic carbocycles. The van der Waals surface area contributed by atoms with Crippen LogP contribution in [0.3, 0.4) is 0 Å². The first-order chi connectivity index (χ1) is 13.7. The van der Waals surface area contributed by atoms with E-state index in [2.05, 4.69) is 13.0 Å². The van der Waals surface area contributed by atoms with Crippen molar-refractivity contribution in [3.8, 4) is 22.8 Å². The lowest BCUT2D eigenvalue weighted by Crippen LogP contribution is -2.05. The molecule has 0 unspecified atom stereocenters. The van der Waals surface area contributed by atoms with Gasteiger partial charge in [-0.05, 0) is 48.9 Å². The fourth-order valence-corrected chi connectivity index (χ4v) is 3.03. The summed E-state index contributed by atoms with van der Waals surface area (Å²) in [5, 5.41) is 0. The van der Waals surface area contributed by atoms with Crippen LogP contribution in [0.5, 0.6) is 11.5 Å². The molecule has 5 heteroatoms. The van der Waals surface area contributed by atoms with Gasteiger partial charge in [-0.2, -0.15) is 0 Å². The Morgan fingerprint density at radius 2 is 1.79 bits per heavy atom. The number of nitrogens with zero attached hydrogens (tertiary/aromatic N) is 2. The van der Waals surface area contributed by atoms with Crippen LogP contribution in [0, 0.1) is 6.92 Å². The highest BCUT2D eigenvalue weighted by molar-refractivity contribution is 5.67. The van der Waals surface area contributed by atoms with E-state index in [-0.39, 0.29) is 0 Å². The largest absolute Gasteiger partial charge is 0.493 e. The summed E-state index contributed by atoms with van der Waals surface area (Å²) in [4.78, 5) is 4.73. The van der Waals surface area contributed by atoms with Crippen molar-refractivity contribution in [3.05, 3.63) is 78.6 Å². The van der Waals surface area contributed by atoms with E-state index in [1.807, 2.05) is 71.4 Å². The second-order valence-corrected chi connectivity index (χ2v) is 6.72. The third-order valence-corrected chi connectivity index (χ3v) is 4.46. The molecule has 142 valence electrons. The number of nitrogen functional groups attached to an aromatic ring is 1. The molecule has 2 N–H and O–H groups in total. The van der Waals surface area contributed by atoms with Gasteiger partial charge in [0.2, 0.25) is 0 Å². The Balaban J connectivity index is 1.39. The summed E-state index contributed by atoms with van der Waals surface area (Å²) in [7, 11) is 0. The lowest BCUT2D eigenvalue weighted by Gasteiger charge is -2.09. The Morgan fingerprint density at radius 3 is 2.61 bits per heavy atom. The monoisotopic (exact) mass is 373 g/mol. The summed E-state index contributed by atoms with van der Waals surface area (Å²) >= 11 is 0. The Morgan fingerprint density at radius 1 is 0.964 bits per heavy atom. The molecule has 5 nitrogen and oxygen atoms in total. The first-order valence-electron chi connectivity index (χ1n) is 9.35. The molecule has 4 rings (SSSR count). The van der Waals surface area contributed by atoms with Crippen molar-refractivity contribution in [2.75, 3.05) is 18.9 Å². The third kappa shape index (κ3) is 4.09. The standard InChI is InChI=1S/C23H23N3O2/c1-17-5-2-6-20(15-17)27-13-4-14-28-22-7-3-12-26-16-21(25-23(22)26)18-8-10-19(24)11-9-18/h2-3,5-12,15-16H,4,13-14,24H2,1H3. The van der Waals surface area contributed by atoms with E-state index in [1.165, 1.54) is 5.56 Å². The topological polar surface area (TPSA) is 61.8 Å². The van der Waals surface area contributed by atoms with Gasteiger partial charge >= 0.3 is 0 Å². The molecule has 0 spiro atoms. The second kappa shape index (κ2) is 8.05. The van der Waals surface area contributed by atoms with Crippen LogP contribution in [-0.4, -0.2) is 22.6 Å². The summed E-state index contributed by atoms with van der Waals surface area (Å²) < 4.78 is 13.7. The normalized spacial score (nSPS) is 10.9. The number of nitrogens with two attached hydrogens (primary N) is 1. The lowest BCUT2D eigenvalue weighted by molar-refractivity contribution is 0.248. The number of hydrogen-bond donors (Lipinski definition) is 1. The van der Waals surface area contributed by atoms with Gasteiger partial charge in [0, 0.05) is 30.1 Å². The van der Waals surface area contributed by atoms with Crippen molar-refractivity contribution >= 4 is 11.3 Å². The van der Waals surface area contributed by atoms with Gasteiger partial charge < -0.3 is 19.6 Å². The first kappa shape index (κ1) is 17.9. The number of imidazole rings is 1. The van der Waals surface area contributed by atoms with Gasteiger partial charge in [-0.3, -0.25) is 0 Å². The molecule has 0 bridgehead atoms. The average molecular weight is 373 g/mol. The van der Waals surface area contributed by atoms with E-state index in [4.69, 9.17) is 20.2 Å². The highest BCUT2D eigenvalue weighted by Gasteiger charge is 2.09. The molecule has 4 aromatic rings. The fraction of sp³-hybridized carbons (Fsp3) is 0.174. The van der Waals surface area contributed by atoms with Crippen LogP contribution in [-0.2, 0) is 0 Å². The van der Waals surface area contributed by atoms with Gasteiger partial charge in [-0.25, -0.2) is 4.98 Å². The maximum absolute atomic E-state index is 5.97. The predicted molar refractivity (Wildman–Crippen MR) is 112 cm³/mol. The van der Waals surface area contributed by atoms with Gasteiger partial charge in [0.1, 0.15) is 5.75 Å². The number of pyridine rings is 1. The minimum absolute atomic E-state index is 0.565. The van der Waals surface area contributed by atoms with Gasteiger partial charge in [0.05, 0.1) is 18.9 Å². The molecular weight excluding hydrogens is 350 g/mol. The number of hydrogen-bond acceptors (Lipinski definition) is 4. The molecule has 2 aromatic carbocycles.